The van der Waals surface area contributed by atoms with Gasteiger partial charge in [-0.3, -0.25) is 9.59 Å². The summed E-state index contributed by atoms with van der Waals surface area (Å²) in [7, 11) is 0. The van der Waals surface area contributed by atoms with Gasteiger partial charge in [0.05, 0.1) is 5.69 Å². The van der Waals surface area contributed by atoms with Gasteiger partial charge in [-0.25, -0.2) is 4.90 Å². The van der Waals surface area contributed by atoms with Gasteiger partial charge in [-0.2, -0.15) is 0 Å². The Morgan fingerprint density at radius 2 is 1.73 bits per heavy atom. The highest BCUT2D eigenvalue weighted by Crippen LogP contribution is 2.24. The highest BCUT2D eigenvalue weighted by molar-refractivity contribution is 6.51. The number of benzene rings is 1. The van der Waals surface area contributed by atoms with Crippen LogP contribution in [0.4, 0.5) is 5.69 Å². The minimum atomic E-state index is -0.467. The zero-order chi connectivity index (χ0) is 11.0. The molecule has 2 rings (SSSR count). The van der Waals surface area contributed by atoms with E-state index in [1.807, 2.05) is 19.1 Å². The van der Waals surface area contributed by atoms with Crippen molar-refractivity contribution in [2.45, 2.75) is 6.92 Å². The Kier molecular flexibility index (Phi) is 2.32. The van der Waals surface area contributed by atoms with Gasteiger partial charge in [-0.05, 0) is 19.1 Å². The van der Waals surface area contributed by atoms with Crippen LogP contribution in [0.15, 0.2) is 35.4 Å². The molecule has 0 fully saturated rings. The quantitative estimate of drug-likeness (QED) is 0.681. The Balaban J connectivity index is 2.38. The Morgan fingerprint density at radius 3 is 2.20 bits per heavy atom. The smallest absolute Gasteiger partial charge is 0.269 e. The largest absolute Gasteiger partial charge is 0.277 e. The molecule has 76 valence electrons. The number of imide groups is 1. The van der Waals surface area contributed by atoms with E-state index in [1.54, 1.807) is 12.1 Å². The van der Waals surface area contributed by atoms with Crippen molar-refractivity contribution in [3.63, 3.8) is 0 Å². The summed E-state index contributed by atoms with van der Waals surface area (Å²) in [5.74, 6) is -0.862. The lowest BCUT2D eigenvalue weighted by Crippen LogP contribution is -2.30. The van der Waals surface area contributed by atoms with E-state index in [4.69, 9.17) is 11.6 Å². The van der Waals surface area contributed by atoms with Crippen LogP contribution in [0, 0.1) is 6.92 Å². The van der Waals surface area contributed by atoms with Crippen LogP contribution < -0.4 is 4.90 Å². The number of hydrogen-bond acceptors (Lipinski definition) is 2. The second-order valence-corrected chi connectivity index (χ2v) is 3.71. The molecule has 0 aliphatic carbocycles. The molecule has 1 aromatic rings. The molecule has 0 radical (unpaired) electrons. The average Bonchev–Trinajstić information content (AvgIpc) is 2.44. The normalized spacial score (nSPS) is 15.9. The topological polar surface area (TPSA) is 37.4 Å². The Hall–Kier alpha value is -1.61. The van der Waals surface area contributed by atoms with Crippen LogP contribution in [0.2, 0.25) is 0 Å². The molecule has 0 atom stereocenters. The zero-order valence-electron chi connectivity index (χ0n) is 8.03. The van der Waals surface area contributed by atoms with E-state index >= 15 is 0 Å². The first-order valence-corrected chi connectivity index (χ1v) is 4.79. The predicted octanol–water partition coefficient (Wildman–Crippen LogP) is 1.99. The van der Waals surface area contributed by atoms with Gasteiger partial charge in [-0.1, -0.05) is 29.3 Å². The maximum atomic E-state index is 11.5. The maximum Gasteiger partial charge on any atom is 0.277 e. The fourth-order valence-electron chi connectivity index (χ4n) is 1.38. The monoisotopic (exact) mass is 221 g/mol. The molecule has 0 N–H and O–H groups in total. The molecular weight excluding hydrogens is 214 g/mol. The minimum absolute atomic E-state index is 0.0411. The van der Waals surface area contributed by atoms with Crippen LogP contribution in [0.1, 0.15) is 5.56 Å². The molecule has 0 spiro atoms. The molecule has 3 nitrogen and oxygen atoms in total. The van der Waals surface area contributed by atoms with Crippen molar-refractivity contribution in [3.8, 4) is 0 Å². The number of carbonyl (C=O) groups is 2. The van der Waals surface area contributed by atoms with Gasteiger partial charge in [0.1, 0.15) is 5.03 Å². The summed E-state index contributed by atoms with van der Waals surface area (Å²) in [4.78, 5) is 24.0. The summed E-state index contributed by atoms with van der Waals surface area (Å²) in [5, 5.41) is -0.0411. The molecule has 2 amide bonds. The summed E-state index contributed by atoms with van der Waals surface area (Å²) in [6.45, 7) is 1.93. The molecule has 0 saturated heterocycles. The predicted molar refractivity (Wildman–Crippen MR) is 57.6 cm³/mol. The van der Waals surface area contributed by atoms with E-state index in [2.05, 4.69) is 0 Å². The molecule has 0 unspecified atom stereocenters. The number of amides is 2. The average molecular weight is 222 g/mol. The molecule has 4 heteroatoms. The molecule has 0 bridgehead atoms. The summed E-state index contributed by atoms with van der Waals surface area (Å²) < 4.78 is 0. The van der Waals surface area contributed by atoms with Crippen molar-refractivity contribution in [2.24, 2.45) is 0 Å². The molecule has 0 aromatic heterocycles. The van der Waals surface area contributed by atoms with Crippen molar-refractivity contribution in [2.75, 3.05) is 4.90 Å². The first-order chi connectivity index (χ1) is 7.09. The Labute approximate surface area is 91.9 Å². The highest BCUT2D eigenvalue weighted by Gasteiger charge is 2.30. The minimum Gasteiger partial charge on any atom is -0.269 e. The fourth-order valence-corrected chi connectivity index (χ4v) is 1.56. The van der Waals surface area contributed by atoms with E-state index in [0.717, 1.165) is 16.5 Å². The third-order valence-corrected chi connectivity index (χ3v) is 2.44. The third kappa shape index (κ3) is 1.66. The van der Waals surface area contributed by atoms with Gasteiger partial charge in [-0.15, -0.1) is 0 Å². The third-order valence-electron chi connectivity index (χ3n) is 2.17. The second-order valence-electron chi connectivity index (χ2n) is 3.31. The van der Waals surface area contributed by atoms with Gasteiger partial charge in [0.25, 0.3) is 11.8 Å². The molecule has 15 heavy (non-hydrogen) atoms. The standard InChI is InChI=1S/C11H8ClNO2/c1-7-2-4-8(5-3-7)13-10(14)6-9(12)11(13)15/h2-6H,1H3. The summed E-state index contributed by atoms with van der Waals surface area (Å²) in [6, 6.07) is 7.10. The van der Waals surface area contributed by atoms with E-state index in [-0.39, 0.29) is 5.03 Å². The summed E-state index contributed by atoms with van der Waals surface area (Å²) in [5.41, 5.74) is 1.61. The van der Waals surface area contributed by atoms with Crippen molar-refractivity contribution in [1.82, 2.24) is 0 Å². The van der Waals surface area contributed by atoms with Gasteiger partial charge in [0.2, 0.25) is 0 Å². The van der Waals surface area contributed by atoms with Crippen LogP contribution in [0.25, 0.3) is 0 Å². The summed E-state index contributed by atoms with van der Waals surface area (Å²) in [6.07, 6.45) is 1.13. The van der Waals surface area contributed by atoms with Gasteiger partial charge in [0, 0.05) is 6.08 Å². The van der Waals surface area contributed by atoms with Crippen LogP contribution in [0.5, 0.6) is 0 Å². The van der Waals surface area contributed by atoms with Gasteiger partial charge in [0.15, 0.2) is 0 Å². The van der Waals surface area contributed by atoms with Crippen LogP contribution >= 0.6 is 11.6 Å². The van der Waals surface area contributed by atoms with Gasteiger partial charge < -0.3 is 0 Å². The number of anilines is 1. The Bertz CT molecular complexity index is 462. The molecule has 1 aromatic carbocycles. The lowest BCUT2D eigenvalue weighted by molar-refractivity contribution is -0.120. The van der Waals surface area contributed by atoms with E-state index in [1.165, 1.54) is 0 Å². The highest BCUT2D eigenvalue weighted by atomic mass is 35.5. The maximum absolute atomic E-state index is 11.5. The van der Waals surface area contributed by atoms with Crippen LogP contribution in [-0.2, 0) is 9.59 Å². The molecule has 0 saturated carbocycles. The van der Waals surface area contributed by atoms with E-state index < -0.39 is 11.8 Å². The number of aryl methyl sites for hydroxylation is 1. The number of halogens is 1. The molecule has 1 aliphatic rings. The number of rotatable bonds is 1. The van der Waals surface area contributed by atoms with E-state index in [0.29, 0.717) is 5.69 Å². The van der Waals surface area contributed by atoms with Crippen LogP contribution in [-0.4, -0.2) is 11.8 Å². The number of carbonyl (C=O) groups excluding carboxylic acids is 2. The molecule has 1 aliphatic heterocycles. The first kappa shape index (κ1) is 9.93. The fraction of sp³-hybridized carbons (Fsp3) is 0.0909. The van der Waals surface area contributed by atoms with Crippen LogP contribution in [0.3, 0.4) is 0 Å². The van der Waals surface area contributed by atoms with E-state index in [9.17, 15) is 9.59 Å². The first-order valence-electron chi connectivity index (χ1n) is 4.42. The van der Waals surface area contributed by atoms with Crippen molar-refractivity contribution < 1.29 is 9.59 Å². The second kappa shape index (κ2) is 3.51. The Morgan fingerprint density at radius 1 is 1.13 bits per heavy atom. The summed E-state index contributed by atoms with van der Waals surface area (Å²) >= 11 is 5.58. The number of hydrogen-bond donors (Lipinski definition) is 0. The lowest BCUT2D eigenvalue weighted by atomic mass is 10.2. The molecular formula is C11H8ClNO2. The zero-order valence-corrected chi connectivity index (χ0v) is 8.78. The van der Waals surface area contributed by atoms with Crippen molar-refractivity contribution in [1.29, 1.82) is 0 Å². The van der Waals surface area contributed by atoms with Crippen molar-refractivity contribution in [3.05, 3.63) is 40.9 Å². The van der Waals surface area contributed by atoms with Crippen molar-refractivity contribution >= 4 is 29.1 Å². The number of nitrogens with zero attached hydrogens (tertiary/aromatic N) is 1. The lowest BCUT2D eigenvalue weighted by Gasteiger charge is -2.13. The van der Waals surface area contributed by atoms with Gasteiger partial charge >= 0.3 is 0 Å². The molecule has 1 heterocycles. The SMILES string of the molecule is Cc1ccc(N2C(=O)C=C(Cl)C2=O)cc1.